The summed E-state index contributed by atoms with van der Waals surface area (Å²) in [5.74, 6) is -10.3. The van der Waals surface area contributed by atoms with Crippen LogP contribution in [-0.4, -0.2) is 107 Å². The van der Waals surface area contributed by atoms with E-state index in [2.05, 4.69) is 10.1 Å². The second kappa shape index (κ2) is 16.2. The number of Topliss-reactive ketones (excluding diaryl/α,β-unsaturated/α-hetero) is 3. The van der Waals surface area contributed by atoms with Gasteiger partial charge in [0.05, 0.1) is 48.1 Å². The van der Waals surface area contributed by atoms with Crippen molar-refractivity contribution in [3.63, 3.8) is 0 Å². The van der Waals surface area contributed by atoms with Crippen LogP contribution >= 0.6 is 23.1 Å². The Morgan fingerprint density at radius 2 is 1.75 bits per heavy atom. The first-order valence-corrected chi connectivity index (χ1v) is 19.3. The number of thioether (sulfide) groups is 1. The molecule has 4 aliphatic heterocycles. The van der Waals surface area contributed by atoms with Gasteiger partial charge in [-0.15, -0.1) is 23.1 Å². The molecule has 1 amide bonds. The standard InChI is InChI=1S/C36H40FN5O11S2.Na/c1-15-21(13-42(4)18-5-6-19(42)8-16(7-18)9-25(44)29(46)17-10-22(37)30(47)26(45)11-17)28(33(49)50)41-31(48)20(32(41)55-15)12-24(43)27(23-14-54-35(38)39-23)40-53-36(2,3)34(51)52;/h10-11,14-16,18-20,32H,5-9,12-13H2,1-4H3,(H5-,38,39,40,43,44,45,46,47,49,50,51,52);/q;+1/p-1/t15-,16?,18-,19+,20+,32+,42?;/m0./s1. The van der Waals surface area contributed by atoms with Crippen LogP contribution in [0, 0.1) is 17.7 Å². The maximum Gasteiger partial charge on any atom is 1.00 e. The van der Waals surface area contributed by atoms with E-state index in [1.165, 1.54) is 31.0 Å². The van der Waals surface area contributed by atoms with Crippen LogP contribution in [0.2, 0.25) is 0 Å². The number of amides is 1. The molecule has 0 radical (unpaired) electrons. The topological polar surface area (TPSA) is 253 Å². The molecule has 4 N–H and O–H groups in total. The zero-order valence-electron chi connectivity index (χ0n) is 31.3. The van der Waals surface area contributed by atoms with Gasteiger partial charge in [-0.25, -0.2) is 9.37 Å². The summed E-state index contributed by atoms with van der Waals surface area (Å²) < 4.78 is 14.4. The zero-order valence-corrected chi connectivity index (χ0v) is 34.9. The number of benzene rings is 1. The van der Waals surface area contributed by atoms with Crippen molar-refractivity contribution in [1.82, 2.24) is 9.88 Å². The predicted molar refractivity (Wildman–Crippen MR) is 190 cm³/mol. The van der Waals surface area contributed by atoms with Crippen LogP contribution in [-0.2, 0) is 28.8 Å². The van der Waals surface area contributed by atoms with E-state index >= 15 is 0 Å². The number of carbonyl (C=O) groups excluding carboxylic acids is 6. The number of anilines is 1. The molecule has 3 saturated heterocycles. The first-order valence-electron chi connectivity index (χ1n) is 17.5. The van der Waals surface area contributed by atoms with Crippen molar-refractivity contribution in [1.29, 1.82) is 0 Å². The number of piperidine rings is 1. The number of nitrogens with two attached hydrogens (primary N) is 1. The quantitative estimate of drug-likeness (QED) is 0.0264. The maximum absolute atomic E-state index is 13.9. The molecule has 0 saturated carbocycles. The van der Waals surface area contributed by atoms with Crippen molar-refractivity contribution in [2.24, 2.45) is 17.0 Å². The molecule has 2 unspecified atom stereocenters. The van der Waals surface area contributed by atoms with Crippen LogP contribution in [0.1, 0.15) is 75.3 Å². The number of carbonyl (C=O) groups is 6. The average Bonchev–Trinajstić information content (AvgIpc) is 3.58. The number of quaternary nitrogens is 1. The number of aromatic nitrogens is 1. The van der Waals surface area contributed by atoms with Crippen molar-refractivity contribution in [3.05, 3.63) is 45.9 Å². The number of rotatable bonds is 14. The molecular formula is C36H39FN5NaO11S2. The molecule has 0 aliphatic carbocycles. The average molecular weight is 824 g/mol. The molecule has 1 aromatic carbocycles. The molecule has 0 spiro atoms. The summed E-state index contributed by atoms with van der Waals surface area (Å²) in [6, 6.07) is 1.56. The summed E-state index contributed by atoms with van der Waals surface area (Å²) >= 11 is 2.35. The Labute approximate surface area is 350 Å². The number of aliphatic carboxylic acids is 2. The van der Waals surface area contributed by atoms with E-state index in [1.54, 1.807) is 0 Å². The number of ketones is 3. The number of thiazole rings is 1. The smallest absolute Gasteiger partial charge is 0.546 e. The van der Waals surface area contributed by atoms with Crippen molar-refractivity contribution >= 4 is 69.1 Å². The van der Waals surface area contributed by atoms with Crippen molar-refractivity contribution in [2.75, 3.05) is 19.3 Å². The number of phenolic OH excluding ortho intramolecular Hbond substituents is 2. The molecular weight excluding hydrogens is 785 g/mol. The number of likely N-dealkylation sites (N-methyl/N-ethyl adjacent to an activating group) is 1. The Morgan fingerprint density at radius 1 is 1.11 bits per heavy atom. The van der Waals surface area contributed by atoms with Gasteiger partial charge in [-0.2, -0.15) is 0 Å². The Bertz CT molecular complexity index is 2040. The SMILES string of the molecule is C[C@@H]1S[C@@H]2[C@H](CC(=O)/C(=N\OC(C)(C)C(=O)[O-])c3csc(N)n3)C(=O)N2C(C(=O)[O-])=C1C[N+]1(C)[C@@H]2CC[C@H]1CC(CC(=O)C(=O)c1cc(O)c(O)c(F)c1)C2.[Na+]. The van der Waals surface area contributed by atoms with E-state index in [-0.39, 0.29) is 88.3 Å². The predicted octanol–water partition coefficient (Wildman–Crippen LogP) is -2.36. The molecule has 16 nitrogen and oxygen atoms in total. The molecule has 7 atom stereocenters. The van der Waals surface area contributed by atoms with Crippen LogP contribution in [0.3, 0.4) is 0 Å². The minimum absolute atomic E-state index is 0. The number of hydrogen-bond acceptors (Lipinski definition) is 16. The van der Waals surface area contributed by atoms with Crippen LogP contribution in [0.5, 0.6) is 11.5 Å². The third kappa shape index (κ3) is 7.98. The first-order chi connectivity index (χ1) is 25.7. The van der Waals surface area contributed by atoms with E-state index < -0.39 is 81.1 Å². The van der Waals surface area contributed by atoms with Gasteiger partial charge in [-0.05, 0) is 38.8 Å². The number of hydrogen-bond donors (Lipinski definition) is 3. The molecule has 1 aromatic heterocycles. The molecule has 294 valence electrons. The van der Waals surface area contributed by atoms with Gasteiger partial charge in [0, 0.05) is 60.3 Å². The normalized spacial score (nSPS) is 27.2. The van der Waals surface area contributed by atoms with Crippen LogP contribution in [0.15, 0.2) is 33.9 Å². The fraction of sp³-hybridized carbons (Fsp3) is 0.500. The Kier molecular flexibility index (Phi) is 12.5. The monoisotopic (exact) mass is 823 g/mol. The third-order valence-corrected chi connectivity index (χ3v) is 13.5. The molecule has 56 heavy (non-hydrogen) atoms. The second-order valence-corrected chi connectivity index (χ2v) is 17.5. The number of nitrogens with zero attached hydrogens (tertiary/aromatic N) is 4. The second-order valence-electron chi connectivity index (χ2n) is 15.2. The van der Waals surface area contributed by atoms with Gasteiger partial charge in [0.25, 0.3) is 0 Å². The van der Waals surface area contributed by atoms with Crippen LogP contribution in [0.25, 0.3) is 0 Å². The van der Waals surface area contributed by atoms with Crippen molar-refractivity contribution in [3.8, 4) is 11.5 Å². The van der Waals surface area contributed by atoms with Crippen molar-refractivity contribution in [2.45, 2.75) is 87.6 Å². The molecule has 20 heteroatoms. The zero-order chi connectivity index (χ0) is 40.3. The Balaban J connectivity index is 0.00000600. The fourth-order valence-electron chi connectivity index (χ4n) is 8.19. The number of β-lactam (4-membered cyclic amide) rings is 1. The van der Waals surface area contributed by atoms with Gasteiger partial charge in [0.1, 0.15) is 12.2 Å². The maximum atomic E-state index is 13.9. The number of halogens is 1. The minimum Gasteiger partial charge on any atom is -0.546 e. The number of carboxylic acids is 2. The third-order valence-electron chi connectivity index (χ3n) is 11.3. The van der Waals surface area contributed by atoms with Gasteiger partial charge in [0.2, 0.25) is 17.5 Å². The molecule has 4 aliphatic rings. The van der Waals surface area contributed by atoms with E-state index in [0.717, 1.165) is 35.1 Å². The van der Waals surface area contributed by atoms with E-state index in [9.17, 15) is 53.6 Å². The largest absolute Gasteiger partial charge is 1.00 e. The van der Waals surface area contributed by atoms with Gasteiger partial charge in [-0.1, -0.05) is 5.16 Å². The van der Waals surface area contributed by atoms with E-state index in [0.29, 0.717) is 29.0 Å². The number of aromatic hydroxyl groups is 2. The van der Waals surface area contributed by atoms with Gasteiger partial charge < -0.3 is 45.1 Å². The number of oxime groups is 1. The molecule has 5 heterocycles. The van der Waals surface area contributed by atoms with Crippen molar-refractivity contribution < 1.29 is 92.5 Å². The van der Waals surface area contributed by atoms with Crippen LogP contribution < -0.4 is 45.5 Å². The number of nitrogen functional groups attached to an aromatic ring is 1. The number of carboxylic acid groups (broad SMARTS) is 2. The molecule has 3 fully saturated rings. The molecule has 6 rings (SSSR count). The van der Waals surface area contributed by atoms with Gasteiger partial charge in [0.15, 0.2) is 39.5 Å². The van der Waals surface area contributed by atoms with E-state index in [1.807, 2.05) is 14.0 Å². The Morgan fingerprint density at radius 3 is 2.30 bits per heavy atom. The first kappa shape index (κ1) is 43.2. The number of phenols is 2. The molecule has 2 bridgehead atoms. The fourth-order valence-corrected chi connectivity index (χ4v) is 10.2. The summed E-state index contributed by atoms with van der Waals surface area (Å²) in [6.07, 6.45) is 2.21. The van der Waals surface area contributed by atoms with Crippen LogP contribution in [0.4, 0.5) is 9.52 Å². The Hall–Kier alpha value is -3.88. The summed E-state index contributed by atoms with van der Waals surface area (Å²) in [5.41, 5.74) is 3.42. The van der Waals surface area contributed by atoms with Gasteiger partial charge >= 0.3 is 29.6 Å². The summed E-state index contributed by atoms with van der Waals surface area (Å²) in [7, 11) is 2.02. The summed E-state index contributed by atoms with van der Waals surface area (Å²) in [6.45, 7) is 4.48. The minimum atomic E-state index is -1.90. The summed E-state index contributed by atoms with van der Waals surface area (Å²) in [5, 5.41) is 47.6. The molecule has 2 aromatic rings. The van der Waals surface area contributed by atoms with E-state index in [4.69, 9.17) is 10.6 Å². The summed E-state index contributed by atoms with van der Waals surface area (Å²) in [4.78, 5) is 87.7. The number of fused-ring (bicyclic) bond motifs is 3. The van der Waals surface area contributed by atoms with Gasteiger partial charge in [-0.3, -0.25) is 24.1 Å².